The van der Waals surface area contributed by atoms with E-state index < -0.39 is 23.5 Å². The van der Waals surface area contributed by atoms with E-state index in [1.165, 1.54) is 12.4 Å². The number of carbonyl (C=O) groups excluding carboxylic acids is 3. The number of imidazole rings is 1. The molecule has 2 aromatic carbocycles. The number of nitrogens with one attached hydrogen (secondary N) is 4. The number of rotatable bonds is 6. The maximum atomic E-state index is 13.2. The molecule has 4 N–H and O–H groups in total. The molecule has 1 aromatic heterocycles. The topological polar surface area (TPSA) is 125 Å². The number of nitrogens with zero attached hydrogens (tertiary/aromatic N) is 1. The van der Waals surface area contributed by atoms with Crippen molar-refractivity contribution in [2.45, 2.75) is 38.3 Å². The SMILES string of the molecule is CC1(C)CC(NC(=O)c2[nH]cnc2C(=O)Nc2ccc(NC(=O)c3ccc(F)cc3Cl)cc2)CCO1. The lowest BCUT2D eigenvalue weighted by atomic mass is 9.94. The third-order valence-corrected chi connectivity index (χ3v) is 6.00. The fourth-order valence-corrected chi connectivity index (χ4v) is 4.20. The van der Waals surface area contributed by atoms with E-state index in [1.807, 2.05) is 13.8 Å². The van der Waals surface area contributed by atoms with Crippen LogP contribution in [0.1, 0.15) is 58.0 Å². The van der Waals surface area contributed by atoms with Crippen molar-refractivity contribution in [3.05, 3.63) is 76.6 Å². The van der Waals surface area contributed by atoms with Gasteiger partial charge in [-0.3, -0.25) is 14.4 Å². The van der Waals surface area contributed by atoms with E-state index in [0.29, 0.717) is 30.8 Å². The summed E-state index contributed by atoms with van der Waals surface area (Å²) in [5.74, 6) is -2.03. The summed E-state index contributed by atoms with van der Waals surface area (Å²) in [6.45, 7) is 4.48. The highest BCUT2D eigenvalue weighted by atomic mass is 35.5. The minimum atomic E-state index is -0.566. The molecule has 1 atom stereocenters. The van der Waals surface area contributed by atoms with Crippen LogP contribution in [0.25, 0.3) is 0 Å². The Morgan fingerprint density at radius 3 is 2.36 bits per heavy atom. The molecule has 3 aromatic rings. The highest BCUT2D eigenvalue weighted by Crippen LogP contribution is 2.24. The van der Waals surface area contributed by atoms with Gasteiger partial charge in [0.15, 0.2) is 5.69 Å². The van der Waals surface area contributed by atoms with E-state index in [-0.39, 0.29) is 33.6 Å². The summed E-state index contributed by atoms with van der Waals surface area (Å²) in [7, 11) is 0. The fraction of sp³-hybridized carbons (Fsp3) is 0.280. The summed E-state index contributed by atoms with van der Waals surface area (Å²) in [6, 6.07) is 9.74. The summed E-state index contributed by atoms with van der Waals surface area (Å²) >= 11 is 5.93. The molecule has 188 valence electrons. The summed E-state index contributed by atoms with van der Waals surface area (Å²) in [5.41, 5.74) is 0.695. The molecule has 0 radical (unpaired) electrons. The van der Waals surface area contributed by atoms with Gasteiger partial charge in [-0.05, 0) is 69.2 Å². The Hall–Kier alpha value is -3.76. The predicted molar refractivity (Wildman–Crippen MR) is 133 cm³/mol. The molecule has 0 spiro atoms. The Balaban J connectivity index is 1.37. The lowest BCUT2D eigenvalue weighted by molar-refractivity contribution is -0.0615. The monoisotopic (exact) mass is 513 g/mol. The fourth-order valence-electron chi connectivity index (χ4n) is 3.95. The number of halogens is 2. The van der Waals surface area contributed by atoms with Crippen molar-refractivity contribution < 1.29 is 23.5 Å². The number of aromatic amines is 1. The number of carbonyl (C=O) groups is 3. The molecule has 1 unspecified atom stereocenters. The Kier molecular flexibility index (Phi) is 7.37. The Morgan fingerprint density at radius 1 is 1.06 bits per heavy atom. The largest absolute Gasteiger partial charge is 0.375 e. The van der Waals surface area contributed by atoms with Crippen LogP contribution in [-0.4, -0.2) is 45.9 Å². The number of anilines is 2. The first-order valence-corrected chi connectivity index (χ1v) is 11.6. The first kappa shape index (κ1) is 25.3. The van der Waals surface area contributed by atoms with Crippen molar-refractivity contribution in [3.8, 4) is 0 Å². The maximum absolute atomic E-state index is 13.2. The van der Waals surface area contributed by atoms with Gasteiger partial charge in [-0.25, -0.2) is 9.37 Å². The van der Waals surface area contributed by atoms with E-state index in [4.69, 9.17) is 16.3 Å². The first-order chi connectivity index (χ1) is 17.1. The average Bonchev–Trinajstić information content (AvgIpc) is 3.30. The molecule has 1 saturated heterocycles. The molecule has 0 saturated carbocycles. The van der Waals surface area contributed by atoms with Crippen LogP contribution in [0.2, 0.25) is 5.02 Å². The third kappa shape index (κ3) is 6.07. The number of H-pyrrole nitrogens is 1. The van der Waals surface area contributed by atoms with Gasteiger partial charge < -0.3 is 25.7 Å². The number of ether oxygens (including phenoxy) is 1. The Bertz CT molecular complexity index is 1290. The van der Waals surface area contributed by atoms with Crippen LogP contribution in [0.5, 0.6) is 0 Å². The predicted octanol–water partition coefficient (Wildman–Crippen LogP) is 4.39. The van der Waals surface area contributed by atoms with Gasteiger partial charge in [0, 0.05) is 24.0 Å². The highest BCUT2D eigenvalue weighted by molar-refractivity contribution is 6.34. The van der Waals surface area contributed by atoms with Crippen LogP contribution < -0.4 is 16.0 Å². The second-order valence-corrected chi connectivity index (χ2v) is 9.41. The number of hydrogen-bond donors (Lipinski definition) is 4. The molecule has 9 nitrogen and oxygen atoms in total. The van der Waals surface area contributed by atoms with Crippen molar-refractivity contribution >= 4 is 40.7 Å². The number of benzene rings is 2. The van der Waals surface area contributed by atoms with Gasteiger partial charge in [0.05, 0.1) is 22.5 Å². The van der Waals surface area contributed by atoms with Crippen LogP contribution in [0, 0.1) is 5.82 Å². The molecule has 2 heterocycles. The molecule has 4 rings (SSSR count). The zero-order valence-corrected chi connectivity index (χ0v) is 20.4. The third-order valence-electron chi connectivity index (χ3n) is 5.69. The summed E-state index contributed by atoms with van der Waals surface area (Å²) in [5, 5.41) is 8.28. The molecule has 1 aliphatic heterocycles. The van der Waals surface area contributed by atoms with Gasteiger partial charge >= 0.3 is 0 Å². The Morgan fingerprint density at radius 2 is 1.72 bits per heavy atom. The summed E-state index contributed by atoms with van der Waals surface area (Å²) < 4.78 is 18.9. The molecule has 11 heteroatoms. The highest BCUT2D eigenvalue weighted by Gasteiger charge is 2.31. The van der Waals surface area contributed by atoms with E-state index in [2.05, 4.69) is 25.9 Å². The first-order valence-electron chi connectivity index (χ1n) is 11.3. The van der Waals surface area contributed by atoms with Crippen molar-refractivity contribution in [2.75, 3.05) is 17.2 Å². The van der Waals surface area contributed by atoms with Gasteiger partial charge in [0.25, 0.3) is 17.7 Å². The van der Waals surface area contributed by atoms with Crippen LogP contribution in [0.4, 0.5) is 15.8 Å². The average molecular weight is 514 g/mol. The van der Waals surface area contributed by atoms with Crippen LogP contribution in [0.3, 0.4) is 0 Å². The molecule has 0 aliphatic carbocycles. The molecule has 0 bridgehead atoms. The van der Waals surface area contributed by atoms with Crippen molar-refractivity contribution in [2.24, 2.45) is 0 Å². The van der Waals surface area contributed by atoms with Crippen molar-refractivity contribution in [1.29, 1.82) is 0 Å². The quantitative estimate of drug-likeness (QED) is 0.389. The smallest absolute Gasteiger partial charge is 0.276 e. The van der Waals surface area contributed by atoms with Crippen LogP contribution in [-0.2, 0) is 4.74 Å². The Labute approximate surface area is 211 Å². The van der Waals surface area contributed by atoms with Crippen LogP contribution in [0.15, 0.2) is 48.8 Å². The van der Waals surface area contributed by atoms with Gasteiger partial charge in [0.2, 0.25) is 0 Å². The van der Waals surface area contributed by atoms with Crippen molar-refractivity contribution in [1.82, 2.24) is 15.3 Å². The van der Waals surface area contributed by atoms with Gasteiger partial charge in [-0.2, -0.15) is 0 Å². The van der Waals surface area contributed by atoms with E-state index in [0.717, 1.165) is 12.1 Å². The standard InChI is InChI=1S/C25H25ClFN5O4/c1-25(2)12-17(9-10-36-25)32-24(35)21-20(28-13-29-21)23(34)31-16-6-4-15(5-7-16)30-22(33)18-8-3-14(27)11-19(18)26/h3-8,11,13,17H,9-10,12H2,1-2H3,(H,28,29)(H,30,33)(H,31,34)(H,32,35). The maximum Gasteiger partial charge on any atom is 0.276 e. The molecule has 3 amide bonds. The van der Waals surface area contributed by atoms with Crippen molar-refractivity contribution in [3.63, 3.8) is 0 Å². The van der Waals surface area contributed by atoms with E-state index >= 15 is 0 Å². The zero-order chi connectivity index (χ0) is 25.9. The molecular weight excluding hydrogens is 489 g/mol. The summed E-state index contributed by atoms with van der Waals surface area (Å²) in [6.07, 6.45) is 2.63. The van der Waals surface area contributed by atoms with Gasteiger partial charge in [-0.15, -0.1) is 0 Å². The second kappa shape index (κ2) is 10.5. The molecular formula is C25H25ClFN5O4. The van der Waals surface area contributed by atoms with Gasteiger partial charge in [0.1, 0.15) is 11.5 Å². The van der Waals surface area contributed by atoms with E-state index in [9.17, 15) is 18.8 Å². The number of amides is 3. The van der Waals surface area contributed by atoms with Crippen LogP contribution >= 0.6 is 11.6 Å². The number of hydrogen-bond acceptors (Lipinski definition) is 5. The normalized spacial score (nSPS) is 16.7. The number of aromatic nitrogens is 2. The lowest BCUT2D eigenvalue weighted by Crippen LogP contribution is -2.46. The van der Waals surface area contributed by atoms with Gasteiger partial charge in [-0.1, -0.05) is 11.6 Å². The molecule has 1 aliphatic rings. The molecule has 1 fully saturated rings. The lowest BCUT2D eigenvalue weighted by Gasteiger charge is -2.35. The minimum Gasteiger partial charge on any atom is -0.375 e. The second-order valence-electron chi connectivity index (χ2n) is 9.01. The van der Waals surface area contributed by atoms with E-state index in [1.54, 1.807) is 24.3 Å². The minimum absolute atomic E-state index is 0.00393. The summed E-state index contributed by atoms with van der Waals surface area (Å²) in [4.78, 5) is 44.7. The zero-order valence-electron chi connectivity index (χ0n) is 19.7. The molecule has 36 heavy (non-hydrogen) atoms.